The van der Waals surface area contributed by atoms with Crippen molar-refractivity contribution in [3.8, 4) is 5.75 Å². The molecule has 0 fully saturated rings. The van der Waals surface area contributed by atoms with Crippen LogP contribution in [0.1, 0.15) is 23.1 Å². The third-order valence-corrected chi connectivity index (χ3v) is 5.89. The Morgan fingerprint density at radius 3 is 2.81 bits per heavy atom. The smallest absolute Gasteiger partial charge is 0.339 e. The van der Waals surface area contributed by atoms with Crippen LogP contribution >= 0.6 is 15.9 Å². The minimum atomic E-state index is -0.433. The summed E-state index contributed by atoms with van der Waals surface area (Å²) < 4.78 is 25.8. The fraction of sp³-hybridized carbons (Fsp3) is 0.304. The molecule has 31 heavy (non-hydrogen) atoms. The number of aliphatic hydroxyl groups excluding tert-OH is 1. The van der Waals surface area contributed by atoms with Crippen molar-refractivity contribution in [3.05, 3.63) is 73.8 Å². The molecule has 0 radical (unpaired) electrons. The second-order valence-electron chi connectivity index (χ2n) is 7.42. The van der Waals surface area contributed by atoms with Crippen LogP contribution < -0.4 is 10.4 Å². The zero-order valence-electron chi connectivity index (χ0n) is 16.7. The lowest BCUT2D eigenvalue weighted by Crippen LogP contribution is -2.36. The minimum Gasteiger partial charge on any atom is -0.484 e. The van der Waals surface area contributed by atoms with E-state index in [9.17, 15) is 19.1 Å². The highest BCUT2D eigenvalue weighted by molar-refractivity contribution is 9.10. The maximum absolute atomic E-state index is 14.1. The summed E-state index contributed by atoms with van der Waals surface area (Å²) in [6.07, 6.45) is 2.52. The zero-order chi connectivity index (χ0) is 22.0. The molecule has 0 spiro atoms. The van der Waals surface area contributed by atoms with Crippen LogP contribution in [0, 0.1) is 5.82 Å². The van der Waals surface area contributed by atoms with Gasteiger partial charge in [-0.3, -0.25) is 4.79 Å². The molecule has 6 nitrogen and oxygen atoms in total. The first-order valence-electron chi connectivity index (χ1n) is 10.00. The number of nitrogens with zero attached hydrogens (tertiary/aromatic N) is 1. The maximum Gasteiger partial charge on any atom is 0.339 e. The molecule has 1 heterocycles. The molecule has 0 atom stereocenters. The van der Waals surface area contributed by atoms with Gasteiger partial charge in [0.05, 0.1) is 6.61 Å². The molecule has 1 aliphatic carbocycles. The van der Waals surface area contributed by atoms with Crippen LogP contribution in [0.3, 0.4) is 0 Å². The molecule has 1 aliphatic rings. The number of amides is 1. The van der Waals surface area contributed by atoms with Gasteiger partial charge in [-0.1, -0.05) is 15.9 Å². The van der Waals surface area contributed by atoms with Gasteiger partial charge in [-0.15, -0.1) is 0 Å². The van der Waals surface area contributed by atoms with E-state index in [0.29, 0.717) is 21.4 Å². The Morgan fingerprint density at radius 2 is 2.00 bits per heavy atom. The summed E-state index contributed by atoms with van der Waals surface area (Å²) in [6, 6.07) is 9.67. The fourth-order valence-electron chi connectivity index (χ4n) is 3.87. The van der Waals surface area contributed by atoms with Crippen molar-refractivity contribution < 1.29 is 23.4 Å². The number of aryl methyl sites for hydroxylation is 1. The van der Waals surface area contributed by atoms with Crippen LogP contribution in [-0.4, -0.2) is 35.7 Å². The van der Waals surface area contributed by atoms with E-state index in [4.69, 9.17) is 9.15 Å². The Labute approximate surface area is 186 Å². The summed E-state index contributed by atoms with van der Waals surface area (Å²) in [5, 5.41) is 10.2. The maximum atomic E-state index is 14.1. The van der Waals surface area contributed by atoms with Gasteiger partial charge in [0.1, 0.15) is 17.1 Å². The predicted octanol–water partition coefficient (Wildman–Crippen LogP) is 3.58. The summed E-state index contributed by atoms with van der Waals surface area (Å²) in [6.45, 7) is -0.496. The Bertz CT molecular complexity index is 1190. The molecule has 2 aromatic carbocycles. The van der Waals surface area contributed by atoms with Crippen LogP contribution in [0.2, 0.25) is 0 Å². The molecule has 0 saturated heterocycles. The summed E-state index contributed by atoms with van der Waals surface area (Å²) >= 11 is 3.29. The van der Waals surface area contributed by atoms with Gasteiger partial charge in [0, 0.05) is 40.1 Å². The molecule has 3 aromatic rings. The van der Waals surface area contributed by atoms with Crippen molar-refractivity contribution in [1.29, 1.82) is 0 Å². The highest BCUT2D eigenvalue weighted by Gasteiger charge is 2.20. The average molecular weight is 490 g/mol. The Morgan fingerprint density at radius 1 is 1.19 bits per heavy atom. The van der Waals surface area contributed by atoms with E-state index in [1.165, 1.54) is 11.0 Å². The number of aliphatic hydroxyl groups is 1. The molecule has 8 heteroatoms. The van der Waals surface area contributed by atoms with Gasteiger partial charge < -0.3 is 19.2 Å². The number of fused-ring (bicyclic) bond motifs is 3. The summed E-state index contributed by atoms with van der Waals surface area (Å²) in [7, 11) is 0. The summed E-state index contributed by atoms with van der Waals surface area (Å²) in [4.78, 5) is 26.2. The number of hydrogen-bond acceptors (Lipinski definition) is 5. The molecule has 1 N–H and O–H groups in total. The SMILES string of the molecule is O=C(COc1ccc2c3c(c(=O)oc2c1)CCC3)N(CCO)Cc1cc(Br)ccc1F. The van der Waals surface area contributed by atoms with Crippen LogP contribution in [-0.2, 0) is 24.2 Å². The number of carbonyl (C=O) groups excluding carboxylic acids is 1. The first kappa shape index (κ1) is 21.5. The van der Waals surface area contributed by atoms with E-state index in [1.54, 1.807) is 24.3 Å². The summed E-state index contributed by atoms with van der Waals surface area (Å²) in [5.41, 5.74) is 2.21. The Kier molecular flexibility index (Phi) is 6.38. The van der Waals surface area contributed by atoms with E-state index in [1.807, 2.05) is 6.07 Å². The first-order chi connectivity index (χ1) is 15.0. The van der Waals surface area contributed by atoms with Crippen LogP contribution in [0.4, 0.5) is 4.39 Å². The zero-order valence-corrected chi connectivity index (χ0v) is 18.3. The van der Waals surface area contributed by atoms with Crippen LogP contribution in [0.5, 0.6) is 5.75 Å². The topological polar surface area (TPSA) is 80.0 Å². The number of halogens is 2. The molecule has 1 amide bonds. The molecule has 162 valence electrons. The normalized spacial score (nSPS) is 12.7. The quantitative estimate of drug-likeness (QED) is 0.513. The van der Waals surface area contributed by atoms with Gasteiger partial charge in [-0.05, 0) is 55.2 Å². The van der Waals surface area contributed by atoms with Crippen molar-refractivity contribution >= 4 is 32.8 Å². The number of carbonyl (C=O) groups is 1. The fourth-order valence-corrected chi connectivity index (χ4v) is 4.28. The number of ether oxygens (including phenoxy) is 1. The largest absolute Gasteiger partial charge is 0.484 e. The van der Waals surface area contributed by atoms with E-state index < -0.39 is 11.7 Å². The predicted molar refractivity (Wildman–Crippen MR) is 117 cm³/mol. The molecule has 0 aliphatic heterocycles. The highest BCUT2D eigenvalue weighted by Crippen LogP contribution is 2.29. The average Bonchev–Trinajstić information content (AvgIpc) is 3.25. The molecule has 0 saturated carbocycles. The van der Waals surface area contributed by atoms with Crippen LogP contribution in [0.25, 0.3) is 11.0 Å². The van der Waals surface area contributed by atoms with Gasteiger partial charge >= 0.3 is 5.63 Å². The van der Waals surface area contributed by atoms with Crippen molar-refractivity contribution in [2.75, 3.05) is 19.8 Å². The second kappa shape index (κ2) is 9.20. The molecule has 0 bridgehead atoms. The van der Waals surface area contributed by atoms with Gasteiger partial charge in [0.25, 0.3) is 5.91 Å². The number of benzene rings is 2. The van der Waals surface area contributed by atoms with Gasteiger partial charge in [0.2, 0.25) is 0 Å². The van der Waals surface area contributed by atoms with Crippen molar-refractivity contribution in [2.45, 2.75) is 25.8 Å². The second-order valence-corrected chi connectivity index (χ2v) is 8.34. The molecule has 1 aromatic heterocycles. The van der Waals surface area contributed by atoms with E-state index in [2.05, 4.69) is 15.9 Å². The highest BCUT2D eigenvalue weighted by atomic mass is 79.9. The van der Waals surface area contributed by atoms with E-state index >= 15 is 0 Å². The monoisotopic (exact) mass is 489 g/mol. The van der Waals surface area contributed by atoms with E-state index in [0.717, 1.165) is 35.8 Å². The van der Waals surface area contributed by atoms with Crippen molar-refractivity contribution in [1.82, 2.24) is 4.90 Å². The number of rotatable bonds is 7. The summed E-state index contributed by atoms with van der Waals surface area (Å²) in [5.74, 6) is -0.444. The first-order valence-corrected chi connectivity index (χ1v) is 10.8. The van der Waals surface area contributed by atoms with Gasteiger partial charge in [-0.25, -0.2) is 9.18 Å². The third kappa shape index (κ3) is 4.65. The minimum absolute atomic E-state index is 0.00671. The number of hydrogen-bond donors (Lipinski definition) is 1. The molecule has 0 unspecified atom stereocenters. The van der Waals surface area contributed by atoms with Crippen molar-refractivity contribution in [2.24, 2.45) is 0 Å². The Hall–Kier alpha value is -2.71. The molecular formula is C23H21BrFNO5. The van der Waals surface area contributed by atoms with Crippen LogP contribution in [0.15, 0.2) is 50.1 Å². The van der Waals surface area contributed by atoms with Gasteiger partial charge in [-0.2, -0.15) is 0 Å². The van der Waals surface area contributed by atoms with Crippen molar-refractivity contribution in [3.63, 3.8) is 0 Å². The Balaban J connectivity index is 1.48. The lowest BCUT2D eigenvalue weighted by atomic mass is 10.1. The molecule has 4 rings (SSSR count). The van der Waals surface area contributed by atoms with E-state index in [-0.39, 0.29) is 31.9 Å². The standard InChI is InChI=1S/C23H21BrFNO5/c24-15-4-7-20(25)14(10-15)12-26(8-9-27)22(28)13-30-16-5-6-18-17-2-1-3-19(17)23(29)31-21(18)11-16/h4-7,10-11,27H,1-3,8-9,12-13H2. The third-order valence-electron chi connectivity index (χ3n) is 5.40. The van der Waals surface area contributed by atoms with Gasteiger partial charge in [0.15, 0.2) is 6.61 Å². The lowest BCUT2D eigenvalue weighted by molar-refractivity contribution is -0.134. The molecular weight excluding hydrogens is 469 g/mol. The lowest BCUT2D eigenvalue weighted by Gasteiger charge is -2.22.